The van der Waals surface area contributed by atoms with Crippen LogP contribution in [0, 0.1) is 0 Å². The Morgan fingerprint density at radius 3 is 2.62 bits per heavy atom. The number of hydrogen-bond acceptors (Lipinski definition) is 3. The van der Waals surface area contributed by atoms with Crippen molar-refractivity contribution in [2.24, 2.45) is 0 Å². The van der Waals surface area contributed by atoms with Crippen LogP contribution < -0.4 is 10.2 Å². The molecule has 1 aromatic rings. The van der Waals surface area contributed by atoms with Crippen LogP contribution >= 0.6 is 0 Å². The van der Waals surface area contributed by atoms with Gasteiger partial charge in [0.05, 0.1) is 23.4 Å². The molecular weight excluding hydrogens is 349 g/mol. The Morgan fingerprint density at radius 2 is 2.04 bits per heavy atom. The Kier molecular flexibility index (Phi) is 5.94. The lowest BCUT2D eigenvalue weighted by Gasteiger charge is -2.36. The molecule has 1 aliphatic heterocycles. The summed E-state index contributed by atoms with van der Waals surface area (Å²) in [7, 11) is 0. The minimum absolute atomic E-state index is 0.0248. The van der Waals surface area contributed by atoms with Crippen molar-refractivity contribution in [1.82, 2.24) is 0 Å². The fourth-order valence-corrected chi connectivity index (χ4v) is 2.98. The van der Waals surface area contributed by atoms with Crippen molar-refractivity contribution in [3.63, 3.8) is 0 Å². The number of carbonyl (C=O) groups excluding carboxylic acids is 1. The number of piperidine rings is 1. The molecule has 5 nitrogen and oxygen atoms in total. The molecule has 2 rings (SSSR count). The van der Waals surface area contributed by atoms with E-state index >= 15 is 0 Å². The number of benzene rings is 1. The summed E-state index contributed by atoms with van der Waals surface area (Å²) in [6.45, 7) is 5.92. The molecule has 1 unspecified atom stereocenters. The first-order valence-corrected chi connectivity index (χ1v) is 8.28. The van der Waals surface area contributed by atoms with E-state index in [1.165, 1.54) is 6.07 Å². The number of carboxylic acids is 1. The monoisotopic (exact) mass is 370 g/mol. The topological polar surface area (TPSA) is 69.6 Å². The van der Waals surface area contributed by atoms with Crippen LogP contribution in [0.5, 0.6) is 0 Å². The number of carboxylic acid groups (broad SMARTS) is 1. The Labute approximate surface area is 149 Å². The standard InChI is InChI=1S/C18H21F3N2O3/c1-11(17(25)26)9-16(24)22-14-10-13(18(19,20)21)6-7-15(14)23-8-4-3-5-12(23)2/h6-7,10,12H,1,3-5,8-9H2,2H3,(H,22,24)(H,25,26). The molecule has 1 fully saturated rings. The molecule has 0 saturated carbocycles. The largest absolute Gasteiger partial charge is 0.478 e. The molecule has 0 radical (unpaired) electrons. The number of nitrogens with zero attached hydrogens (tertiary/aromatic N) is 1. The van der Waals surface area contributed by atoms with Gasteiger partial charge in [-0.2, -0.15) is 13.2 Å². The van der Waals surface area contributed by atoms with Gasteiger partial charge in [0.25, 0.3) is 0 Å². The molecule has 142 valence electrons. The fourth-order valence-electron chi connectivity index (χ4n) is 2.98. The Morgan fingerprint density at radius 1 is 1.35 bits per heavy atom. The molecule has 0 aliphatic carbocycles. The number of halogens is 3. The predicted molar refractivity (Wildman–Crippen MR) is 92.1 cm³/mol. The van der Waals surface area contributed by atoms with Crippen LogP contribution in [0.1, 0.15) is 38.2 Å². The van der Waals surface area contributed by atoms with E-state index in [4.69, 9.17) is 5.11 Å². The maximum atomic E-state index is 13.1. The zero-order chi connectivity index (χ0) is 19.5. The average molecular weight is 370 g/mol. The van der Waals surface area contributed by atoms with Gasteiger partial charge in [0.2, 0.25) is 5.91 Å². The van der Waals surface area contributed by atoms with E-state index in [0.29, 0.717) is 12.2 Å². The first kappa shape index (κ1) is 19.8. The Bertz CT molecular complexity index is 716. The van der Waals surface area contributed by atoms with E-state index in [0.717, 1.165) is 31.4 Å². The quantitative estimate of drug-likeness (QED) is 0.767. The number of rotatable bonds is 5. The second-order valence-electron chi connectivity index (χ2n) is 6.40. The van der Waals surface area contributed by atoms with E-state index in [1.54, 1.807) is 0 Å². The van der Waals surface area contributed by atoms with E-state index in [1.807, 2.05) is 11.8 Å². The van der Waals surface area contributed by atoms with E-state index < -0.39 is 30.0 Å². The lowest BCUT2D eigenvalue weighted by molar-refractivity contribution is -0.137. The second kappa shape index (κ2) is 7.80. The van der Waals surface area contributed by atoms with Gasteiger partial charge < -0.3 is 15.3 Å². The Hall–Kier alpha value is -2.51. The minimum Gasteiger partial charge on any atom is -0.478 e. The number of alkyl halides is 3. The third-order valence-electron chi connectivity index (χ3n) is 4.39. The molecule has 8 heteroatoms. The van der Waals surface area contributed by atoms with Crippen molar-refractivity contribution in [2.45, 2.75) is 44.8 Å². The third-order valence-corrected chi connectivity index (χ3v) is 4.39. The molecule has 1 aliphatic rings. The molecule has 0 spiro atoms. The van der Waals surface area contributed by atoms with Crippen molar-refractivity contribution in [1.29, 1.82) is 0 Å². The molecule has 1 atom stereocenters. The van der Waals surface area contributed by atoms with Crippen molar-refractivity contribution < 1.29 is 27.9 Å². The van der Waals surface area contributed by atoms with Gasteiger partial charge in [-0.3, -0.25) is 4.79 Å². The fraction of sp³-hybridized carbons (Fsp3) is 0.444. The number of carbonyl (C=O) groups is 2. The summed E-state index contributed by atoms with van der Waals surface area (Å²) in [6, 6.07) is 3.36. The molecule has 2 N–H and O–H groups in total. The van der Waals surface area contributed by atoms with E-state index in [-0.39, 0.29) is 17.3 Å². The molecule has 0 bridgehead atoms. The third kappa shape index (κ3) is 4.77. The lowest BCUT2D eigenvalue weighted by atomic mass is 10.0. The molecule has 1 heterocycles. The molecule has 0 aromatic heterocycles. The van der Waals surface area contributed by atoms with Gasteiger partial charge in [0, 0.05) is 18.2 Å². The molecule has 26 heavy (non-hydrogen) atoms. The highest BCUT2D eigenvalue weighted by Crippen LogP contribution is 2.37. The zero-order valence-corrected chi connectivity index (χ0v) is 14.4. The van der Waals surface area contributed by atoms with Crippen LogP contribution in [0.4, 0.5) is 24.5 Å². The predicted octanol–water partition coefficient (Wildman–Crippen LogP) is 4.05. The van der Waals surface area contributed by atoms with Crippen LogP contribution in [-0.4, -0.2) is 29.6 Å². The van der Waals surface area contributed by atoms with Crippen molar-refractivity contribution in [3.05, 3.63) is 35.9 Å². The van der Waals surface area contributed by atoms with Gasteiger partial charge in [-0.1, -0.05) is 6.58 Å². The lowest BCUT2D eigenvalue weighted by Crippen LogP contribution is -2.38. The smallest absolute Gasteiger partial charge is 0.416 e. The summed E-state index contributed by atoms with van der Waals surface area (Å²) in [5.74, 6) is -2.04. The summed E-state index contributed by atoms with van der Waals surface area (Å²) in [4.78, 5) is 24.8. The van der Waals surface area contributed by atoms with Crippen molar-refractivity contribution in [2.75, 3.05) is 16.8 Å². The minimum atomic E-state index is -4.55. The van der Waals surface area contributed by atoms with Crippen molar-refractivity contribution in [3.8, 4) is 0 Å². The molecular formula is C18H21F3N2O3. The molecule has 1 aromatic carbocycles. The van der Waals surface area contributed by atoms with Gasteiger partial charge in [-0.15, -0.1) is 0 Å². The summed E-state index contributed by atoms with van der Waals surface area (Å²) in [5.41, 5.74) is -0.683. The number of anilines is 2. The summed E-state index contributed by atoms with van der Waals surface area (Å²) in [5, 5.41) is 11.2. The summed E-state index contributed by atoms with van der Waals surface area (Å²) < 4.78 is 39.2. The zero-order valence-electron chi connectivity index (χ0n) is 14.4. The number of hydrogen-bond donors (Lipinski definition) is 2. The number of nitrogens with one attached hydrogen (secondary N) is 1. The van der Waals surface area contributed by atoms with Crippen LogP contribution in [-0.2, 0) is 15.8 Å². The maximum Gasteiger partial charge on any atom is 0.416 e. The van der Waals surface area contributed by atoms with Gasteiger partial charge in [-0.25, -0.2) is 4.79 Å². The first-order valence-electron chi connectivity index (χ1n) is 8.28. The highest BCUT2D eigenvalue weighted by molar-refractivity contribution is 6.00. The second-order valence-corrected chi connectivity index (χ2v) is 6.40. The highest BCUT2D eigenvalue weighted by Gasteiger charge is 2.32. The summed E-state index contributed by atoms with van der Waals surface area (Å²) in [6.07, 6.45) is -2.19. The van der Waals surface area contributed by atoms with Gasteiger partial charge in [0.15, 0.2) is 0 Å². The number of amides is 1. The van der Waals surface area contributed by atoms with Gasteiger partial charge in [0.1, 0.15) is 0 Å². The number of aliphatic carboxylic acids is 1. The first-order chi connectivity index (χ1) is 12.1. The normalized spacial score (nSPS) is 17.7. The Balaban J connectivity index is 2.34. The highest BCUT2D eigenvalue weighted by atomic mass is 19.4. The maximum absolute atomic E-state index is 13.1. The SMILES string of the molecule is C=C(CC(=O)Nc1cc(C(F)(F)F)ccc1N1CCCCC1C)C(=O)O. The van der Waals surface area contributed by atoms with Crippen LogP contribution in [0.3, 0.4) is 0 Å². The van der Waals surface area contributed by atoms with E-state index in [2.05, 4.69) is 11.9 Å². The van der Waals surface area contributed by atoms with Gasteiger partial charge in [-0.05, 0) is 44.4 Å². The van der Waals surface area contributed by atoms with E-state index in [9.17, 15) is 22.8 Å². The average Bonchev–Trinajstić information content (AvgIpc) is 2.54. The molecule has 1 amide bonds. The molecule has 1 saturated heterocycles. The van der Waals surface area contributed by atoms with Gasteiger partial charge >= 0.3 is 12.1 Å². The summed E-state index contributed by atoms with van der Waals surface area (Å²) >= 11 is 0. The van der Waals surface area contributed by atoms with Crippen LogP contribution in [0.15, 0.2) is 30.4 Å². The van der Waals surface area contributed by atoms with Crippen LogP contribution in [0.25, 0.3) is 0 Å². The van der Waals surface area contributed by atoms with Crippen molar-refractivity contribution >= 4 is 23.3 Å². The van der Waals surface area contributed by atoms with Crippen LogP contribution in [0.2, 0.25) is 0 Å².